The number of ether oxygens (including phenoxy) is 3. The second kappa shape index (κ2) is 10.6. The number of hydrogen-bond acceptors (Lipinski definition) is 4. The van der Waals surface area contributed by atoms with Crippen LogP contribution in [-0.2, 0) is 9.53 Å². The first-order valence-electron chi connectivity index (χ1n) is 9.58. The minimum atomic E-state index is -2.96. The maximum atomic E-state index is 12.7. The Bertz CT molecular complexity index is 750. The summed E-state index contributed by atoms with van der Waals surface area (Å²) < 4.78 is 41.3. The molecular formula is C22H27ClF2O4. The van der Waals surface area contributed by atoms with Crippen molar-refractivity contribution in [2.45, 2.75) is 46.6 Å². The molecule has 0 radical (unpaired) electrons. The first-order valence-corrected chi connectivity index (χ1v) is 10.1. The summed E-state index contributed by atoms with van der Waals surface area (Å²) in [6, 6.07) is 4.50. The van der Waals surface area contributed by atoms with Crippen LogP contribution in [0.4, 0.5) is 8.78 Å². The van der Waals surface area contributed by atoms with Crippen molar-refractivity contribution in [3.05, 3.63) is 42.0 Å². The van der Waals surface area contributed by atoms with Crippen LogP contribution in [0.25, 0.3) is 5.76 Å². The van der Waals surface area contributed by atoms with Gasteiger partial charge in [-0.25, -0.2) is 0 Å². The van der Waals surface area contributed by atoms with E-state index in [1.165, 1.54) is 6.07 Å². The van der Waals surface area contributed by atoms with Gasteiger partial charge in [0, 0.05) is 11.4 Å². The minimum absolute atomic E-state index is 0.0522. The third-order valence-electron chi connectivity index (χ3n) is 4.09. The maximum absolute atomic E-state index is 12.7. The van der Waals surface area contributed by atoms with Gasteiger partial charge in [0.1, 0.15) is 5.76 Å². The molecule has 4 nitrogen and oxygen atoms in total. The van der Waals surface area contributed by atoms with E-state index in [0.717, 1.165) is 12.8 Å². The van der Waals surface area contributed by atoms with E-state index in [1.807, 2.05) is 6.08 Å². The molecular weight excluding hydrogens is 402 g/mol. The molecule has 0 saturated heterocycles. The van der Waals surface area contributed by atoms with Crippen molar-refractivity contribution in [1.29, 1.82) is 0 Å². The Morgan fingerprint density at radius 3 is 2.59 bits per heavy atom. The van der Waals surface area contributed by atoms with Crippen molar-refractivity contribution in [2.75, 3.05) is 12.5 Å². The Balaban J connectivity index is 2.33. The van der Waals surface area contributed by atoms with Crippen LogP contribution in [0.3, 0.4) is 0 Å². The largest absolute Gasteiger partial charge is 0.489 e. The molecule has 7 heteroatoms. The van der Waals surface area contributed by atoms with Crippen LogP contribution in [-0.4, -0.2) is 25.1 Å². The van der Waals surface area contributed by atoms with Crippen LogP contribution in [0.1, 0.15) is 45.6 Å². The fourth-order valence-corrected chi connectivity index (χ4v) is 2.34. The molecule has 29 heavy (non-hydrogen) atoms. The first-order chi connectivity index (χ1) is 13.7. The van der Waals surface area contributed by atoms with E-state index in [9.17, 15) is 13.6 Å². The summed E-state index contributed by atoms with van der Waals surface area (Å²) in [7, 11) is 0. The van der Waals surface area contributed by atoms with Crippen molar-refractivity contribution in [2.24, 2.45) is 11.3 Å². The normalized spacial score (nSPS) is 15.1. The molecule has 1 aromatic carbocycles. The molecule has 0 bridgehead atoms. The van der Waals surface area contributed by atoms with E-state index in [4.69, 9.17) is 21.1 Å². The van der Waals surface area contributed by atoms with Crippen molar-refractivity contribution in [1.82, 2.24) is 0 Å². The summed E-state index contributed by atoms with van der Waals surface area (Å²) in [4.78, 5) is 12.4. The molecule has 0 spiro atoms. The maximum Gasteiger partial charge on any atom is 0.387 e. The minimum Gasteiger partial charge on any atom is -0.489 e. The lowest BCUT2D eigenvalue weighted by atomic mass is 9.97. The van der Waals surface area contributed by atoms with E-state index in [-0.39, 0.29) is 17.3 Å². The fourth-order valence-electron chi connectivity index (χ4n) is 2.22. The predicted octanol–water partition coefficient (Wildman–Crippen LogP) is 6.19. The highest BCUT2D eigenvalue weighted by Crippen LogP contribution is 2.36. The zero-order valence-corrected chi connectivity index (χ0v) is 17.7. The van der Waals surface area contributed by atoms with Gasteiger partial charge in [-0.2, -0.15) is 8.78 Å². The third-order valence-corrected chi connectivity index (χ3v) is 4.31. The van der Waals surface area contributed by atoms with Gasteiger partial charge in [-0.05, 0) is 70.2 Å². The van der Waals surface area contributed by atoms with E-state index < -0.39 is 18.0 Å². The van der Waals surface area contributed by atoms with Crippen molar-refractivity contribution < 1.29 is 27.8 Å². The smallest absolute Gasteiger partial charge is 0.387 e. The highest BCUT2D eigenvalue weighted by molar-refractivity contribution is 6.17. The monoisotopic (exact) mass is 428 g/mol. The van der Waals surface area contributed by atoms with Crippen LogP contribution >= 0.6 is 11.6 Å². The molecule has 1 saturated carbocycles. The number of carbonyl (C=O) groups is 1. The van der Waals surface area contributed by atoms with Gasteiger partial charge in [-0.15, -0.1) is 11.6 Å². The topological polar surface area (TPSA) is 44.8 Å². The molecule has 0 atom stereocenters. The molecule has 0 aliphatic heterocycles. The highest BCUT2D eigenvalue weighted by Gasteiger charge is 2.26. The molecule has 1 aliphatic carbocycles. The SMILES string of the molecule is CC(C)(C)C(=O)O/C(=C\C=C\CCCl)c1ccc(OC(F)F)c(OCC2CC2)c1. The standard InChI is InChI=1S/C22H27ClF2O4/c1-22(2,3)20(26)28-17(7-5-4-6-12-23)16-10-11-18(29-21(24)25)19(13-16)27-14-15-8-9-15/h4-5,7,10-11,13,15,21H,6,8-9,12,14H2,1-3H3/b5-4+,17-7-. The average molecular weight is 429 g/mol. The van der Waals surface area contributed by atoms with Crippen molar-refractivity contribution in [3.63, 3.8) is 0 Å². The number of hydrogen-bond donors (Lipinski definition) is 0. The second-order valence-corrected chi connectivity index (χ2v) is 8.25. The van der Waals surface area contributed by atoms with Crippen LogP contribution < -0.4 is 9.47 Å². The Morgan fingerprint density at radius 1 is 1.28 bits per heavy atom. The molecule has 0 unspecified atom stereocenters. The van der Waals surface area contributed by atoms with E-state index >= 15 is 0 Å². The number of alkyl halides is 3. The van der Waals surface area contributed by atoms with E-state index in [2.05, 4.69) is 4.74 Å². The number of esters is 1. The number of benzene rings is 1. The average Bonchev–Trinajstić information content (AvgIpc) is 3.46. The summed E-state index contributed by atoms with van der Waals surface area (Å²) in [5, 5.41) is 0. The molecule has 1 fully saturated rings. The van der Waals surface area contributed by atoms with Gasteiger partial charge in [0.25, 0.3) is 0 Å². The molecule has 1 aliphatic rings. The molecule has 0 N–H and O–H groups in total. The van der Waals surface area contributed by atoms with Crippen LogP contribution in [0.2, 0.25) is 0 Å². The zero-order valence-electron chi connectivity index (χ0n) is 16.9. The predicted molar refractivity (Wildman–Crippen MR) is 109 cm³/mol. The molecule has 1 aromatic rings. The Kier molecular flexibility index (Phi) is 8.50. The molecule has 0 amide bonds. The Hall–Kier alpha value is -2.08. The van der Waals surface area contributed by atoms with E-state index in [1.54, 1.807) is 45.1 Å². The number of carbonyl (C=O) groups excluding carboxylic acids is 1. The van der Waals surface area contributed by atoms with Crippen LogP contribution in [0, 0.1) is 11.3 Å². The number of rotatable bonds is 10. The summed E-state index contributed by atoms with van der Waals surface area (Å²) in [6.07, 6.45) is 8.01. The quantitative estimate of drug-likeness (QED) is 0.193. The van der Waals surface area contributed by atoms with Crippen molar-refractivity contribution in [3.8, 4) is 11.5 Å². The van der Waals surface area contributed by atoms with Crippen molar-refractivity contribution >= 4 is 23.3 Å². The van der Waals surface area contributed by atoms with Gasteiger partial charge in [-0.1, -0.05) is 12.2 Å². The number of allylic oxidation sites excluding steroid dienone is 3. The molecule has 160 valence electrons. The Labute approximate surface area is 175 Å². The zero-order chi connectivity index (χ0) is 21.4. The fraction of sp³-hybridized carbons (Fsp3) is 0.500. The van der Waals surface area contributed by atoms with Gasteiger partial charge in [0.05, 0.1) is 12.0 Å². The lowest BCUT2D eigenvalue weighted by Crippen LogP contribution is -2.22. The summed E-state index contributed by atoms with van der Waals surface area (Å²) in [5.74, 6) is 0.921. The third kappa shape index (κ3) is 8.05. The summed E-state index contributed by atoms with van der Waals surface area (Å²) in [5.41, 5.74) is -0.186. The van der Waals surface area contributed by atoms with Gasteiger partial charge >= 0.3 is 12.6 Å². The molecule has 0 heterocycles. The summed E-state index contributed by atoms with van der Waals surface area (Å²) in [6.45, 7) is 2.72. The molecule has 2 rings (SSSR count). The van der Waals surface area contributed by atoms with E-state index in [0.29, 0.717) is 30.4 Å². The van der Waals surface area contributed by atoms with Gasteiger partial charge in [-0.3, -0.25) is 4.79 Å². The molecule has 0 aromatic heterocycles. The lowest BCUT2D eigenvalue weighted by Gasteiger charge is -2.19. The van der Waals surface area contributed by atoms with Gasteiger partial charge < -0.3 is 14.2 Å². The van der Waals surface area contributed by atoms with Crippen LogP contribution in [0.5, 0.6) is 11.5 Å². The first kappa shape index (κ1) is 23.2. The Morgan fingerprint density at radius 2 is 2.00 bits per heavy atom. The number of halogens is 3. The lowest BCUT2D eigenvalue weighted by molar-refractivity contribution is -0.145. The summed E-state index contributed by atoms with van der Waals surface area (Å²) >= 11 is 5.67. The van der Waals surface area contributed by atoms with Gasteiger partial charge in [0.15, 0.2) is 11.5 Å². The highest BCUT2D eigenvalue weighted by atomic mass is 35.5. The van der Waals surface area contributed by atoms with Crippen LogP contribution in [0.15, 0.2) is 36.4 Å². The second-order valence-electron chi connectivity index (χ2n) is 7.87. The van der Waals surface area contributed by atoms with Gasteiger partial charge in [0.2, 0.25) is 0 Å².